The molecule has 0 spiro atoms. The molecule has 0 aromatic heterocycles. The van der Waals surface area contributed by atoms with Crippen LogP contribution in [-0.2, 0) is 0 Å². The number of aryl methyl sites for hydroxylation is 2. The summed E-state index contributed by atoms with van der Waals surface area (Å²) in [6, 6.07) is 10.9. The van der Waals surface area contributed by atoms with Crippen LogP contribution in [0.15, 0.2) is 46.3 Å². The van der Waals surface area contributed by atoms with Crippen molar-refractivity contribution in [2.75, 3.05) is 0 Å². The molecule has 0 bridgehead atoms. The van der Waals surface area contributed by atoms with Crippen LogP contribution >= 0.6 is 11.8 Å². The Morgan fingerprint density at radius 2 is 1.78 bits per heavy atom. The number of nitro benzene ring substituents is 1. The molecule has 1 unspecified atom stereocenters. The van der Waals surface area contributed by atoms with Gasteiger partial charge in [0.2, 0.25) is 0 Å². The normalized spacial score (nSPS) is 12.0. The first-order valence-corrected chi connectivity index (χ1v) is 8.33. The fourth-order valence-corrected chi connectivity index (χ4v) is 3.79. The van der Waals surface area contributed by atoms with Crippen LogP contribution in [0.5, 0.6) is 0 Å². The summed E-state index contributed by atoms with van der Waals surface area (Å²) in [4.78, 5) is 15.7. The Kier molecular flexibility index (Phi) is 5.55. The minimum absolute atomic E-state index is 0.119. The standard InChI is InChI=1S/C18H20N2O2S/c1-5-16(14-8-10-15(11-9-14)20(21)22)23-18-13(3)7-6-12(2)17(18)19-4/h6-11,16H,4-5H2,1-3H3. The molecular formula is C18H20N2O2S. The van der Waals surface area contributed by atoms with Crippen molar-refractivity contribution in [2.24, 2.45) is 4.99 Å². The number of aliphatic imine (C=N–C) groups is 1. The predicted molar refractivity (Wildman–Crippen MR) is 97.1 cm³/mol. The largest absolute Gasteiger partial charge is 0.269 e. The predicted octanol–water partition coefficient (Wildman–Crippen LogP) is 5.79. The lowest BCUT2D eigenvalue weighted by atomic mass is 10.1. The average Bonchev–Trinajstić information content (AvgIpc) is 2.55. The maximum atomic E-state index is 10.8. The number of hydrogen-bond donors (Lipinski definition) is 0. The molecule has 0 aliphatic carbocycles. The van der Waals surface area contributed by atoms with Crippen LogP contribution in [0.4, 0.5) is 11.4 Å². The lowest BCUT2D eigenvalue weighted by Gasteiger charge is -2.18. The Morgan fingerprint density at radius 3 is 2.30 bits per heavy atom. The molecule has 23 heavy (non-hydrogen) atoms. The van der Waals surface area contributed by atoms with Crippen LogP contribution in [0, 0.1) is 24.0 Å². The first-order chi connectivity index (χ1) is 11.0. The molecule has 0 aliphatic rings. The molecule has 0 saturated carbocycles. The van der Waals surface area contributed by atoms with Crippen LogP contribution in [-0.4, -0.2) is 11.6 Å². The van der Waals surface area contributed by atoms with Crippen molar-refractivity contribution in [3.63, 3.8) is 0 Å². The first-order valence-electron chi connectivity index (χ1n) is 7.45. The topological polar surface area (TPSA) is 55.5 Å². The van der Waals surface area contributed by atoms with Gasteiger partial charge in [-0.1, -0.05) is 31.2 Å². The van der Waals surface area contributed by atoms with Gasteiger partial charge in [-0.2, -0.15) is 0 Å². The highest BCUT2D eigenvalue weighted by Crippen LogP contribution is 2.44. The zero-order chi connectivity index (χ0) is 17.0. The van der Waals surface area contributed by atoms with E-state index in [0.29, 0.717) is 0 Å². The van der Waals surface area contributed by atoms with Gasteiger partial charge in [-0.05, 0) is 43.7 Å². The lowest BCUT2D eigenvalue weighted by Crippen LogP contribution is -1.95. The van der Waals surface area contributed by atoms with Crippen molar-refractivity contribution < 1.29 is 4.92 Å². The second kappa shape index (κ2) is 7.42. The van der Waals surface area contributed by atoms with E-state index in [2.05, 4.69) is 37.7 Å². The average molecular weight is 328 g/mol. The molecule has 120 valence electrons. The van der Waals surface area contributed by atoms with E-state index in [1.807, 2.05) is 19.1 Å². The summed E-state index contributed by atoms with van der Waals surface area (Å²) in [5.74, 6) is 0. The van der Waals surface area contributed by atoms with Crippen LogP contribution in [0.1, 0.15) is 35.3 Å². The van der Waals surface area contributed by atoms with E-state index >= 15 is 0 Å². The molecule has 0 N–H and O–H groups in total. The van der Waals surface area contributed by atoms with E-state index in [4.69, 9.17) is 0 Å². The van der Waals surface area contributed by atoms with E-state index in [-0.39, 0.29) is 15.9 Å². The van der Waals surface area contributed by atoms with Gasteiger partial charge in [-0.3, -0.25) is 15.1 Å². The molecule has 2 rings (SSSR count). The van der Waals surface area contributed by atoms with Crippen molar-refractivity contribution in [1.29, 1.82) is 0 Å². The van der Waals surface area contributed by atoms with Gasteiger partial charge in [-0.15, -0.1) is 11.8 Å². The maximum Gasteiger partial charge on any atom is 0.269 e. The van der Waals surface area contributed by atoms with E-state index in [1.165, 1.54) is 5.56 Å². The summed E-state index contributed by atoms with van der Waals surface area (Å²) in [6.07, 6.45) is 0.923. The Balaban J connectivity index is 2.35. The molecule has 2 aromatic carbocycles. The molecule has 2 aromatic rings. The second-order valence-electron chi connectivity index (χ2n) is 5.40. The summed E-state index contributed by atoms with van der Waals surface area (Å²) in [5, 5.41) is 11.0. The van der Waals surface area contributed by atoms with Crippen molar-refractivity contribution in [2.45, 2.75) is 37.3 Å². The summed E-state index contributed by atoms with van der Waals surface area (Å²) >= 11 is 1.74. The fourth-order valence-electron chi connectivity index (χ4n) is 2.46. The van der Waals surface area contributed by atoms with Gasteiger partial charge in [0.05, 0.1) is 10.6 Å². The summed E-state index contributed by atoms with van der Waals surface area (Å²) in [7, 11) is 0. The van der Waals surface area contributed by atoms with E-state index in [9.17, 15) is 10.1 Å². The fraction of sp³-hybridized carbons (Fsp3) is 0.278. The molecule has 1 atom stereocenters. The smallest absolute Gasteiger partial charge is 0.263 e. The van der Waals surface area contributed by atoms with E-state index in [1.54, 1.807) is 23.9 Å². The summed E-state index contributed by atoms with van der Waals surface area (Å²) < 4.78 is 0. The van der Waals surface area contributed by atoms with Gasteiger partial charge in [0.25, 0.3) is 5.69 Å². The number of non-ortho nitro benzene ring substituents is 1. The first kappa shape index (κ1) is 17.2. The molecule has 4 nitrogen and oxygen atoms in total. The van der Waals surface area contributed by atoms with E-state index < -0.39 is 0 Å². The molecule has 0 saturated heterocycles. The third-order valence-electron chi connectivity index (χ3n) is 3.79. The van der Waals surface area contributed by atoms with Gasteiger partial charge in [0.1, 0.15) is 0 Å². The van der Waals surface area contributed by atoms with Crippen LogP contribution in [0.25, 0.3) is 0 Å². The van der Waals surface area contributed by atoms with Gasteiger partial charge >= 0.3 is 0 Å². The lowest BCUT2D eigenvalue weighted by molar-refractivity contribution is -0.384. The van der Waals surface area contributed by atoms with Crippen LogP contribution in [0.2, 0.25) is 0 Å². The van der Waals surface area contributed by atoms with Crippen molar-refractivity contribution in [3.8, 4) is 0 Å². The zero-order valence-corrected chi connectivity index (χ0v) is 14.4. The molecule has 0 amide bonds. The van der Waals surface area contributed by atoms with Crippen LogP contribution < -0.4 is 0 Å². The number of hydrogen-bond acceptors (Lipinski definition) is 4. The monoisotopic (exact) mass is 328 g/mol. The molecule has 0 heterocycles. The van der Waals surface area contributed by atoms with Crippen molar-refractivity contribution in [1.82, 2.24) is 0 Å². The molecule has 0 radical (unpaired) electrons. The zero-order valence-electron chi connectivity index (χ0n) is 13.6. The molecular weight excluding hydrogens is 308 g/mol. The Labute approximate surface area is 140 Å². The number of benzene rings is 2. The highest BCUT2D eigenvalue weighted by Gasteiger charge is 2.17. The molecule has 5 heteroatoms. The minimum atomic E-state index is -0.373. The number of thioether (sulfide) groups is 1. The quantitative estimate of drug-likeness (QED) is 0.292. The summed E-state index contributed by atoms with van der Waals surface area (Å²) in [6.45, 7) is 9.90. The number of nitro groups is 1. The van der Waals surface area contributed by atoms with Crippen molar-refractivity contribution in [3.05, 3.63) is 63.2 Å². The maximum absolute atomic E-state index is 10.8. The SMILES string of the molecule is C=Nc1c(C)ccc(C)c1SC(CC)c1ccc([N+](=O)[O-])cc1. The number of nitrogens with zero attached hydrogens (tertiary/aromatic N) is 2. The Hall–Kier alpha value is -2.14. The van der Waals surface area contributed by atoms with Gasteiger partial charge in [0, 0.05) is 22.3 Å². The van der Waals surface area contributed by atoms with Gasteiger partial charge in [0.15, 0.2) is 0 Å². The highest BCUT2D eigenvalue weighted by atomic mass is 32.2. The highest BCUT2D eigenvalue weighted by molar-refractivity contribution is 7.99. The summed E-state index contributed by atoms with van der Waals surface area (Å²) in [5.41, 5.74) is 4.40. The van der Waals surface area contributed by atoms with Gasteiger partial charge in [-0.25, -0.2) is 0 Å². The number of rotatable bonds is 6. The van der Waals surface area contributed by atoms with Crippen LogP contribution in [0.3, 0.4) is 0 Å². The Morgan fingerprint density at radius 1 is 1.17 bits per heavy atom. The molecule has 0 fully saturated rings. The Bertz CT molecular complexity index is 727. The third-order valence-corrected chi connectivity index (χ3v) is 5.44. The van der Waals surface area contributed by atoms with Crippen molar-refractivity contribution >= 4 is 29.9 Å². The second-order valence-corrected chi connectivity index (χ2v) is 6.61. The van der Waals surface area contributed by atoms with E-state index in [0.717, 1.165) is 28.1 Å². The third kappa shape index (κ3) is 3.79. The minimum Gasteiger partial charge on any atom is -0.263 e. The molecule has 0 aliphatic heterocycles. The van der Waals surface area contributed by atoms with Gasteiger partial charge < -0.3 is 0 Å².